The average molecular weight is 394 g/mol. The van der Waals surface area contributed by atoms with Crippen LogP contribution in [0, 0.1) is 0 Å². The number of sulfonamides is 1. The summed E-state index contributed by atoms with van der Waals surface area (Å²) in [6, 6.07) is 18.0. The summed E-state index contributed by atoms with van der Waals surface area (Å²) in [6.45, 7) is 0.0666. The molecule has 0 spiro atoms. The van der Waals surface area contributed by atoms with E-state index in [2.05, 4.69) is 14.7 Å². The molecule has 1 N–H and O–H groups in total. The SMILES string of the molecule is O=S(=O)(CCOc1ccccc1)Nc1cccc(-c2cn3cccnc3n2)c1. The fourth-order valence-corrected chi connectivity index (χ4v) is 3.62. The van der Waals surface area contributed by atoms with Crippen molar-refractivity contribution >= 4 is 21.5 Å². The van der Waals surface area contributed by atoms with E-state index in [9.17, 15) is 8.42 Å². The van der Waals surface area contributed by atoms with Crippen molar-refractivity contribution in [2.75, 3.05) is 17.1 Å². The number of nitrogens with one attached hydrogen (secondary N) is 1. The van der Waals surface area contributed by atoms with Crippen LogP contribution >= 0.6 is 0 Å². The molecule has 0 saturated carbocycles. The molecule has 0 amide bonds. The largest absolute Gasteiger partial charge is 0.492 e. The molecule has 0 saturated heterocycles. The Labute approximate surface area is 162 Å². The van der Waals surface area contributed by atoms with Crippen molar-refractivity contribution in [3.05, 3.63) is 79.3 Å². The van der Waals surface area contributed by atoms with Crippen molar-refractivity contribution in [2.24, 2.45) is 0 Å². The number of nitrogens with zero attached hydrogens (tertiary/aromatic N) is 3. The number of ether oxygens (including phenoxy) is 1. The highest BCUT2D eigenvalue weighted by Gasteiger charge is 2.12. The lowest BCUT2D eigenvalue weighted by Gasteiger charge is -2.10. The van der Waals surface area contributed by atoms with Gasteiger partial charge in [-0.1, -0.05) is 30.3 Å². The second-order valence-corrected chi connectivity index (χ2v) is 7.96. The highest BCUT2D eigenvalue weighted by atomic mass is 32.2. The Morgan fingerprint density at radius 3 is 2.71 bits per heavy atom. The van der Waals surface area contributed by atoms with Gasteiger partial charge in [0.15, 0.2) is 0 Å². The monoisotopic (exact) mass is 394 g/mol. The van der Waals surface area contributed by atoms with Gasteiger partial charge in [-0.3, -0.25) is 9.12 Å². The van der Waals surface area contributed by atoms with E-state index in [-0.39, 0.29) is 12.4 Å². The van der Waals surface area contributed by atoms with Crippen LogP contribution in [-0.2, 0) is 10.0 Å². The standard InChI is InChI=1S/C20H18N4O3S/c25-28(26,13-12-27-18-8-2-1-3-9-18)23-17-7-4-6-16(14-17)19-15-24-11-5-10-21-20(24)22-19/h1-11,14-15,23H,12-13H2. The van der Waals surface area contributed by atoms with Crippen LogP contribution in [0.3, 0.4) is 0 Å². The Hall–Kier alpha value is -3.39. The molecular formula is C20H18N4O3S. The fourth-order valence-electron chi connectivity index (χ4n) is 2.73. The van der Waals surface area contributed by atoms with E-state index in [1.54, 1.807) is 36.5 Å². The van der Waals surface area contributed by atoms with Crippen molar-refractivity contribution in [2.45, 2.75) is 0 Å². The quantitative estimate of drug-likeness (QED) is 0.520. The molecule has 4 rings (SSSR count). The molecule has 0 unspecified atom stereocenters. The van der Waals surface area contributed by atoms with E-state index in [1.165, 1.54) is 0 Å². The molecule has 142 valence electrons. The predicted molar refractivity (Wildman–Crippen MR) is 108 cm³/mol. The van der Waals surface area contributed by atoms with Crippen molar-refractivity contribution in [3.8, 4) is 17.0 Å². The highest BCUT2D eigenvalue weighted by Crippen LogP contribution is 2.22. The summed E-state index contributed by atoms with van der Waals surface area (Å²) >= 11 is 0. The summed E-state index contributed by atoms with van der Waals surface area (Å²) < 4.78 is 34.6. The van der Waals surface area contributed by atoms with E-state index >= 15 is 0 Å². The van der Waals surface area contributed by atoms with Gasteiger partial charge in [0.1, 0.15) is 18.1 Å². The Bertz CT molecular complexity index is 1160. The zero-order valence-corrected chi connectivity index (χ0v) is 15.7. The van der Waals surface area contributed by atoms with E-state index in [0.29, 0.717) is 22.9 Å². The topological polar surface area (TPSA) is 85.6 Å². The minimum absolute atomic E-state index is 0.0666. The summed E-state index contributed by atoms with van der Waals surface area (Å²) in [4.78, 5) is 8.65. The minimum Gasteiger partial charge on any atom is -0.492 e. The van der Waals surface area contributed by atoms with Gasteiger partial charge in [-0.05, 0) is 30.3 Å². The number of para-hydroxylation sites is 1. The third-order valence-electron chi connectivity index (χ3n) is 4.03. The molecule has 0 fully saturated rings. The summed E-state index contributed by atoms with van der Waals surface area (Å²) in [5, 5.41) is 0. The second-order valence-electron chi connectivity index (χ2n) is 6.12. The van der Waals surface area contributed by atoms with Gasteiger partial charge in [-0.15, -0.1) is 0 Å². The van der Waals surface area contributed by atoms with Crippen molar-refractivity contribution < 1.29 is 13.2 Å². The molecule has 0 aliphatic rings. The molecule has 2 heterocycles. The van der Waals surface area contributed by atoms with Gasteiger partial charge in [0.25, 0.3) is 0 Å². The van der Waals surface area contributed by atoms with Crippen LogP contribution in [-0.4, -0.2) is 35.1 Å². The summed E-state index contributed by atoms with van der Waals surface area (Å²) in [6.07, 6.45) is 5.38. The number of benzene rings is 2. The third-order valence-corrected chi connectivity index (χ3v) is 5.28. The zero-order chi connectivity index (χ0) is 19.4. The fraction of sp³-hybridized carbons (Fsp3) is 0.100. The number of rotatable bonds is 7. The molecule has 0 bridgehead atoms. The second kappa shape index (κ2) is 7.69. The number of hydrogen-bond acceptors (Lipinski definition) is 5. The minimum atomic E-state index is -3.54. The van der Waals surface area contributed by atoms with E-state index in [0.717, 1.165) is 5.56 Å². The average Bonchev–Trinajstić information content (AvgIpc) is 3.13. The molecule has 0 aliphatic carbocycles. The smallest absolute Gasteiger partial charge is 0.236 e. The third kappa shape index (κ3) is 4.29. The maximum absolute atomic E-state index is 12.4. The van der Waals surface area contributed by atoms with Gasteiger partial charge in [0.05, 0.1) is 5.69 Å². The Morgan fingerprint density at radius 2 is 1.89 bits per heavy atom. The van der Waals surface area contributed by atoms with Gasteiger partial charge in [0.2, 0.25) is 15.8 Å². The molecule has 2 aromatic carbocycles. The molecule has 28 heavy (non-hydrogen) atoms. The van der Waals surface area contributed by atoms with Crippen molar-refractivity contribution in [3.63, 3.8) is 0 Å². The lowest BCUT2D eigenvalue weighted by Crippen LogP contribution is -2.21. The molecule has 4 aromatic rings. The Kier molecular flexibility index (Phi) is 4.94. The van der Waals surface area contributed by atoms with Gasteiger partial charge in [-0.2, -0.15) is 0 Å². The Balaban J connectivity index is 1.45. The lowest BCUT2D eigenvalue weighted by molar-refractivity contribution is 0.341. The van der Waals surface area contributed by atoms with Crippen LogP contribution in [0.5, 0.6) is 5.75 Å². The molecular weight excluding hydrogens is 376 g/mol. The molecule has 0 aliphatic heterocycles. The lowest BCUT2D eigenvalue weighted by atomic mass is 10.1. The number of fused-ring (bicyclic) bond motifs is 1. The van der Waals surface area contributed by atoms with Gasteiger partial charge in [0, 0.05) is 29.8 Å². The van der Waals surface area contributed by atoms with E-state index in [1.807, 2.05) is 47.1 Å². The predicted octanol–water partition coefficient (Wildman–Crippen LogP) is 3.22. The van der Waals surface area contributed by atoms with Crippen LogP contribution in [0.15, 0.2) is 79.3 Å². The summed E-state index contributed by atoms with van der Waals surface area (Å²) in [7, 11) is -3.54. The first-order valence-corrected chi connectivity index (χ1v) is 10.3. The normalized spacial score (nSPS) is 11.4. The van der Waals surface area contributed by atoms with Crippen LogP contribution in [0.4, 0.5) is 5.69 Å². The number of hydrogen-bond donors (Lipinski definition) is 1. The Morgan fingerprint density at radius 1 is 1.04 bits per heavy atom. The van der Waals surface area contributed by atoms with Gasteiger partial charge in [-0.25, -0.2) is 18.4 Å². The number of imidazole rings is 1. The van der Waals surface area contributed by atoms with E-state index in [4.69, 9.17) is 4.74 Å². The summed E-state index contributed by atoms with van der Waals surface area (Å²) in [5.41, 5.74) is 1.99. The molecule has 8 heteroatoms. The van der Waals surface area contributed by atoms with Crippen molar-refractivity contribution in [1.29, 1.82) is 0 Å². The molecule has 0 atom stereocenters. The number of aromatic nitrogens is 3. The van der Waals surface area contributed by atoms with Crippen molar-refractivity contribution in [1.82, 2.24) is 14.4 Å². The first-order valence-electron chi connectivity index (χ1n) is 8.68. The van der Waals surface area contributed by atoms with E-state index < -0.39 is 10.0 Å². The molecule has 0 radical (unpaired) electrons. The van der Waals surface area contributed by atoms with Crippen LogP contribution < -0.4 is 9.46 Å². The molecule has 7 nitrogen and oxygen atoms in total. The summed E-state index contributed by atoms with van der Waals surface area (Å²) in [5.74, 6) is 1.08. The maximum atomic E-state index is 12.4. The van der Waals surface area contributed by atoms with Crippen LogP contribution in [0.25, 0.3) is 17.0 Å². The van der Waals surface area contributed by atoms with Crippen LogP contribution in [0.1, 0.15) is 0 Å². The number of anilines is 1. The first kappa shape index (κ1) is 18.0. The maximum Gasteiger partial charge on any atom is 0.236 e. The first-order chi connectivity index (χ1) is 13.6. The van der Waals surface area contributed by atoms with Gasteiger partial charge < -0.3 is 4.74 Å². The highest BCUT2D eigenvalue weighted by molar-refractivity contribution is 7.92. The van der Waals surface area contributed by atoms with Crippen LogP contribution in [0.2, 0.25) is 0 Å². The zero-order valence-electron chi connectivity index (χ0n) is 14.9. The van der Waals surface area contributed by atoms with Gasteiger partial charge >= 0.3 is 0 Å². The molecule has 2 aromatic heterocycles.